The summed E-state index contributed by atoms with van der Waals surface area (Å²) in [6.45, 7) is 2.08. The van der Waals surface area contributed by atoms with Crippen LogP contribution in [0.15, 0.2) is 42.6 Å². The van der Waals surface area contributed by atoms with Crippen LogP contribution < -0.4 is 16.0 Å². The third kappa shape index (κ3) is 4.93. The Morgan fingerprint density at radius 1 is 1.00 bits per heavy atom. The van der Waals surface area contributed by atoms with Crippen LogP contribution in [0.1, 0.15) is 37.7 Å². The molecule has 1 aliphatic carbocycles. The summed E-state index contributed by atoms with van der Waals surface area (Å²) in [6, 6.07) is 12.7. The quantitative estimate of drug-likeness (QED) is 0.701. The van der Waals surface area contributed by atoms with Gasteiger partial charge in [0, 0.05) is 11.7 Å². The molecule has 1 saturated carbocycles. The van der Waals surface area contributed by atoms with Gasteiger partial charge in [-0.2, -0.15) is 0 Å². The highest BCUT2D eigenvalue weighted by Crippen LogP contribution is 2.18. The zero-order valence-electron chi connectivity index (χ0n) is 14.0. The number of nitrogens with one attached hydrogen (secondary N) is 3. The highest BCUT2D eigenvalue weighted by molar-refractivity contribution is 7.80. The Morgan fingerprint density at radius 2 is 1.71 bits per heavy atom. The van der Waals surface area contributed by atoms with Crippen molar-refractivity contribution < 1.29 is 0 Å². The maximum Gasteiger partial charge on any atom is 0.171 e. The maximum absolute atomic E-state index is 5.40. The van der Waals surface area contributed by atoms with Gasteiger partial charge in [0.15, 0.2) is 5.11 Å². The first-order valence-electron chi connectivity index (χ1n) is 8.56. The third-order valence-corrected chi connectivity index (χ3v) is 4.51. The van der Waals surface area contributed by atoms with Gasteiger partial charge in [-0.05, 0) is 56.2 Å². The van der Waals surface area contributed by atoms with Crippen molar-refractivity contribution in [3.05, 3.63) is 48.2 Å². The maximum atomic E-state index is 5.40. The van der Waals surface area contributed by atoms with Gasteiger partial charge < -0.3 is 16.0 Å². The predicted octanol–water partition coefficient (Wildman–Crippen LogP) is 4.75. The van der Waals surface area contributed by atoms with Crippen LogP contribution in [0.5, 0.6) is 0 Å². The number of aromatic nitrogens is 1. The van der Waals surface area contributed by atoms with E-state index in [9.17, 15) is 0 Å². The second-order valence-corrected chi connectivity index (χ2v) is 6.76. The minimum atomic E-state index is 0.509. The third-order valence-electron chi connectivity index (χ3n) is 4.29. The number of nitrogens with zero attached hydrogens (tertiary/aromatic N) is 1. The molecule has 24 heavy (non-hydrogen) atoms. The first-order valence-corrected chi connectivity index (χ1v) is 8.97. The summed E-state index contributed by atoms with van der Waals surface area (Å²) < 4.78 is 0. The van der Waals surface area contributed by atoms with Gasteiger partial charge in [0.25, 0.3) is 0 Å². The Hall–Kier alpha value is -2.14. The molecule has 1 aromatic carbocycles. The van der Waals surface area contributed by atoms with Crippen LogP contribution in [0.2, 0.25) is 0 Å². The number of hydrogen-bond donors (Lipinski definition) is 3. The molecule has 0 radical (unpaired) electrons. The molecule has 2 aromatic rings. The van der Waals surface area contributed by atoms with E-state index in [0.717, 1.165) is 17.2 Å². The molecule has 1 aromatic heterocycles. The Bertz CT molecular complexity index is 661. The number of anilines is 3. The second-order valence-electron chi connectivity index (χ2n) is 6.36. The molecule has 0 bridgehead atoms. The van der Waals surface area contributed by atoms with E-state index < -0.39 is 0 Å². The summed E-state index contributed by atoms with van der Waals surface area (Å²) in [5.41, 5.74) is 3.17. The van der Waals surface area contributed by atoms with Gasteiger partial charge in [-0.25, -0.2) is 4.98 Å². The molecule has 0 aliphatic heterocycles. The van der Waals surface area contributed by atoms with Crippen molar-refractivity contribution in [3.8, 4) is 0 Å². The van der Waals surface area contributed by atoms with Gasteiger partial charge in [-0.3, -0.25) is 0 Å². The van der Waals surface area contributed by atoms with E-state index in [4.69, 9.17) is 12.2 Å². The summed E-state index contributed by atoms with van der Waals surface area (Å²) in [5.74, 6) is 0.815. The lowest BCUT2D eigenvalue weighted by atomic mass is 9.96. The monoisotopic (exact) mass is 340 g/mol. The van der Waals surface area contributed by atoms with E-state index in [1.807, 2.05) is 24.3 Å². The molecule has 0 unspecified atom stereocenters. The van der Waals surface area contributed by atoms with E-state index in [1.54, 1.807) is 6.20 Å². The zero-order valence-corrected chi connectivity index (χ0v) is 14.8. The molecule has 0 saturated heterocycles. The lowest BCUT2D eigenvalue weighted by Crippen LogP contribution is -2.38. The highest BCUT2D eigenvalue weighted by atomic mass is 32.1. The van der Waals surface area contributed by atoms with E-state index in [2.05, 4.69) is 40.0 Å². The molecule has 126 valence electrons. The Morgan fingerprint density at radius 3 is 2.38 bits per heavy atom. The molecule has 0 amide bonds. The average Bonchev–Trinajstić information content (AvgIpc) is 2.59. The zero-order chi connectivity index (χ0) is 16.8. The van der Waals surface area contributed by atoms with Gasteiger partial charge in [-0.15, -0.1) is 0 Å². The number of rotatable bonds is 4. The lowest BCUT2D eigenvalue weighted by molar-refractivity contribution is 0.415. The highest BCUT2D eigenvalue weighted by Gasteiger charge is 2.13. The molecular formula is C19H24N4S. The number of pyridine rings is 1. The summed E-state index contributed by atoms with van der Waals surface area (Å²) in [6.07, 6.45) is 8.14. The van der Waals surface area contributed by atoms with E-state index in [-0.39, 0.29) is 0 Å². The summed E-state index contributed by atoms with van der Waals surface area (Å²) >= 11 is 5.40. The normalized spacial score (nSPS) is 14.9. The van der Waals surface area contributed by atoms with E-state index in [1.165, 1.54) is 37.7 Å². The molecule has 4 nitrogen and oxygen atoms in total. The van der Waals surface area contributed by atoms with Gasteiger partial charge in [0.2, 0.25) is 0 Å². The van der Waals surface area contributed by atoms with Crippen LogP contribution in [0.25, 0.3) is 0 Å². The number of benzene rings is 1. The van der Waals surface area contributed by atoms with E-state index >= 15 is 0 Å². The van der Waals surface area contributed by atoms with Crippen molar-refractivity contribution in [2.24, 2.45) is 0 Å². The lowest BCUT2D eigenvalue weighted by Gasteiger charge is -2.24. The van der Waals surface area contributed by atoms with Crippen molar-refractivity contribution in [2.75, 3.05) is 10.6 Å². The van der Waals surface area contributed by atoms with Crippen LogP contribution in [0, 0.1) is 6.92 Å². The minimum absolute atomic E-state index is 0.509. The fourth-order valence-corrected chi connectivity index (χ4v) is 3.21. The van der Waals surface area contributed by atoms with Crippen LogP contribution >= 0.6 is 12.2 Å². The van der Waals surface area contributed by atoms with Crippen LogP contribution in [-0.4, -0.2) is 16.1 Å². The largest absolute Gasteiger partial charge is 0.360 e. The fraction of sp³-hybridized carbons (Fsp3) is 0.368. The smallest absolute Gasteiger partial charge is 0.171 e. The Balaban J connectivity index is 1.52. The summed E-state index contributed by atoms with van der Waals surface area (Å²) in [7, 11) is 0. The summed E-state index contributed by atoms with van der Waals surface area (Å²) in [4.78, 5) is 4.44. The SMILES string of the molecule is Cc1ccc(Nc2ccc(NC(=S)NC3CCCCC3)cn2)cc1. The first kappa shape index (κ1) is 16.7. The average molecular weight is 340 g/mol. The van der Waals surface area contributed by atoms with Gasteiger partial charge in [0.1, 0.15) is 5.82 Å². The van der Waals surface area contributed by atoms with Crippen LogP contribution in [0.4, 0.5) is 17.2 Å². The van der Waals surface area contributed by atoms with Crippen molar-refractivity contribution in [1.82, 2.24) is 10.3 Å². The van der Waals surface area contributed by atoms with Crippen molar-refractivity contribution in [2.45, 2.75) is 45.1 Å². The van der Waals surface area contributed by atoms with Gasteiger partial charge in [0.05, 0.1) is 11.9 Å². The van der Waals surface area contributed by atoms with Gasteiger partial charge in [-0.1, -0.05) is 37.0 Å². The standard InChI is InChI=1S/C19H24N4S/c1-14-7-9-16(10-8-14)21-18-12-11-17(13-20-18)23-19(24)22-15-5-3-2-4-6-15/h7-13,15H,2-6H2,1H3,(H,20,21)(H2,22,23,24). The van der Waals surface area contributed by atoms with Gasteiger partial charge >= 0.3 is 0 Å². The first-order chi connectivity index (χ1) is 11.7. The van der Waals surface area contributed by atoms with Crippen molar-refractivity contribution in [1.29, 1.82) is 0 Å². The molecule has 5 heteroatoms. The predicted molar refractivity (Wildman–Crippen MR) is 105 cm³/mol. The number of hydrogen-bond acceptors (Lipinski definition) is 3. The van der Waals surface area contributed by atoms with Crippen LogP contribution in [-0.2, 0) is 0 Å². The minimum Gasteiger partial charge on any atom is -0.360 e. The molecule has 0 spiro atoms. The summed E-state index contributed by atoms with van der Waals surface area (Å²) in [5, 5.41) is 10.6. The molecule has 1 heterocycles. The number of thiocarbonyl (C=S) groups is 1. The Labute approximate surface area is 149 Å². The molecule has 3 N–H and O–H groups in total. The molecule has 1 fully saturated rings. The number of aryl methyl sites for hydroxylation is 1. The van der Waals surface area contributed by atoms with Crippen molar-refractivity contribution >= 4 is 34.5 Å². The topological polar surface area (TPSA) is 49.0 Å². The Kier molecular flexibility index (Phi) is 5.64. The second kappa shape index (κ2) is 8.11. The van der Waals surface area contributed by atoms with E-state index in [0.29, 0.717) is 11.2 Å². The molecule has 0 atom stereocenters. The molecule has 3 rings (SSSR count). The fourth-order valence-electron chi connectivity index (χ4n) is 2.93. The molecular weight excluding hydrogens is 316 g/mol. The van der Waals surface area contributed by atoms with Crippen LogP contribution in [0.3, 0.4) is 0 Å². The molecule has 1 aliphatic rings. The van der Waals surface area contributed by atoms with Crippen molar-refractivity contribution in [3.63, 3.8) is 0 Å².